The lowest BCUT2D eigenvalue weighted by Gasteiger charge is -2.05. The number of amides is 1. The maximum atomic E-state index is 12.5. The molecule has 0 aliphatic rings. The van der Waals surface area contributed by atoms with Gasteiger partial charge in [0.15, 0.2) is 0 Å². The van der Waals surface area contributed by atoms with Crippen molar-refractivity contribution in [3.8, 4) is 11.4 Å². The quantitative estimate of drug-likeness (QED) is 0.399. The largest absolute Gasteiger partial charge is 0.471 e. The second-order valence-electron chi connectivity index (χ2n) is 5.30. The number of carbonyl (C=O) groups excluding carboxylic acids is 1. The molecule has 1 amide bonds. The number of halogens is 5. The first-order valence-electron chi connectivity index (χ1n) is 7.63. The van der Waals surface area contributed by atoms with Gasteiger partial charge in [-0.05, 0) is 25.1 Å². The van der Waals surface area contributed by atoms with Gasteiger partial charge in [0.2, 0.25) is 5.82 Å². The lowest BCUT2D eigenvalue weighted by atomic mass is 10.1. The SMILES string of the molecule is C/C(CNC(=O)c1ccc(-c2noc(C(F)(F)F)n2)cc1)=N/OCC=C(Cl)Cl. The van der Waals surface area contributed by atoms with Crippen molar-refractivity contribution in [3.63, 3.8) is 0 Å². The molecule has 2 aromatic rings. The minimum Gasteiger partial charge on any atom is -0.391 e. The summed E-state index contributed by atoms with van der Waals surface area (Å²) in [6, 6.07) is 5.66. The summed E-state index contributed by atoms with van der Waals surface area (Å²) in [5.41, 5.74) is 1.05. The highest BCUT2D eigenvalue weighted by Crippen LogP contribution is 2.29. The van der Waals surface area contributed by atoms with Crippen LogP contribution in [0.4, 0.5) is 13.2 Å². The topological polar surface area (TPSA) is 89.6 Å². The maximum absolute atomic E-state index is 12.5. The van der Waals surface area contributed by atoms with Crippen molar-refractivity contribution in [3.05, 3.63) is 46.3 Å². The van der Waals surface area contributed by atoms with Crippen LogP contribution in [-0.4, -0.2) is 34.9 Å². The van der Waals surface area contributed by atoms with Crippen LogP contribution in [-0.2, 0) is 11.0 Å². The number of alkyl halides is 3. The van der Waals surface area contributed by atoms with Crippen LogP contribution in [0.2, 0.25) is 0 Å². The molecule has 1 N–H and O–H groups in total. The van der Waals surface area contributed by atoms with Gasteiger partial charge in [-0.3, -0.25) is 4.79 Å². The Balaban J connectivity index is 1.92. The number of nitrogens with one attached hydrogen (secondary N) is 1. The second-order valence-corrected chi connectivity index (χ2v) is 6.30. The Labute approximate surface area is 167 Å². The Bertz CT molecular complexity index is 876. The highest BCUT2D eigenvalue weighted by Gasteiger charge is 2.38. The van der Waals surface area contributed by atoms with Crippen LogP contribution >= 0.6 is 23.2 Å². The standard InChI is InChI=1S/C16H13Cl2F3N4O3/c1-9(24-27-7-6-12(17)18)8-22-14(26)11-4-2-10(3-5-11)13-23-15(28-25-13)16(19,20)21/h2-6H,7-8H2,1H3,(H,22,26)/b24-9-. The van der Waals surface area contributed by atoms with Crippen LogP contribution in [0.15, 0.2) is 44.5 Å². The third kappa shape index (κ3) is 6.54. The molecule has 0 saturated carbocycles. The number of nitrogens with zero attached hydrogens (tertiary/aromatic N) is 3. The Morgan fingerprint density at radius 1 is 1.32 bits per heavy atom. The van der Waals surface area contributed by atoms with Gasteiger partial charge in [-0.15, -0.1) is 0 Å². The van der Waals surface area contributed by atoms with Crippen LogP contribution in [0.3, 0.4) is 0 Å². The summed E-state index contributed by atoms with van der Waals surface area (Å²) in [4.78, 5) is 20.3. The molecule has 1 aromatic heterocycles. The van der Waals surface area contributed by atoms with E-state index in [9.17, 15) is 18.0 Å². The molecule has 12 heteroatoms. The van der Waals surface area contributed by atoms with Crippen LogP contribution in [0, 0.1) is 0 Å². The Hall–Kier alpha value is -2.59. The summed E-state index contributed by atoms with van der Waals surface area (Å²) in [6.07, 6.45) is -3.32. The molecule has 0 aliphatic heterocycles. The highest BCUT2D eigenvalue weighted by molar-refractivity contribution is 6.55. The van der Waals surface area contributed by atoms with Crippen LogP contribution < -0.4 is 5.32 Å². The van der Waals surface area contributed by atoms with Gasteiger partial charge in [-0.25, -0.2) is 0 Å². The molecule has 0 spiro atoms. The number of carbonyl (C=O) groups is 1. The van der Waals surface area contributed by atoms with Gasteiger partial charge in [0.05, 0.1) is 12.3 Å². The third-order valence-corrected chi connectivity index (χ3v) is 3.42. The molecule has 2 rings (SSSR count). The average molecular weight is 437 g/mol. The van der Waals surface area contributed by atoms with Gasteiger partial charge in [0.1, 0.15) is 11.1 Å². The first-order valence-corrected chi connectivity index (χ1v) is 8.38. The van der Waals surface area contributed by atoms with Crippen LogP contribution in [0.25, 0.3) is 11.4 Å². The lowest BCUT2D eigenvalue weighted by Crippen LogP contribution is -2.28. The highest BCUT2D eigenvalue weighted by atomic mass is 35.5. The van der Waals surface area contributed by atoms with Crippen molar-refractivity contribution in [2.75, 3.05) is 13.2 Å². The van der Waals surface area contributed by atoms with E-state index in [-0.39, 0.29) is 34.6 Å². The Morgan fingerprint density at radius 2 is 2.00 bits per heavy atom. The molecule has 0 aliphatic carbocycles. The molecule has 0 saturated heterocycles. The molecule has 0 atom stereocenters. The molecule has 1 heterocycles. The Kier molecular flexibility index (Phi) is 7.41. The van der Waals surface area contributed by atoms with Crippen molar-refractivity contribution in [2.45, 2.75) is 13.1 Å². The summed E-state index contributed by atoms with van der Waals surface area (Å²) >= 11 is 10.8. The normalized spacial score (nSPS) is 11.9. The van der Waals surface area contributed by atoms with E-state index in [2.05, 4.69) is 25.1 Å². The van der Waals surface area contributed by atoms with Crippen molar-refractivity contribution >= 4 is 34.8 Å². The van der Waals surface area contributed by atoms with E-state index >= 15 is 0 Å². The smallest absolute Gasteiger partial charge is 0.391 e. The lowest BCUT2D eigenvalue weighted by molar-refractivity contribution is -0.159. The molecule has 28 heavy (non-hydrogen) atoms. The fraction of sp³-hybridized carbons (Fsp3) is 0.250. The van der Waals surface area contributed by atoms with E-state index in [0.29, 0.717) is 5.71 Å². The van der Waals surface area contributed by atoms with Crippen LogP contribution in [0.1, 0.15) is 23.2 Å². The summed E-state index contributed by atoms with van der Waals surface area (Å²) in [6.45, 7) is 1.85. The Morgan fingerprint density at radius 3 is 2.57 bits per heavy atom. The first-order chi connectivity index (χ1) is 13.2. The second kappa shape index (κ2) is 9.56. The van der Waals surface area contributed by atoms with Gasteiger partial charge in [0.25, 0.3) is 5.91 Å². The van der Waals surface area contributed by atoms with Gasteiger partial charge in [0, 0.05) is 11.1 Å². The van der Waals surface area contributed by atoms with Gasteiger partial charge < -0.3 is 14.7 Å². The van der Waals surface area contributed by atoms with E-state index in [1.54, 1.807) is 6.92 Å². The zero-order valence-corrected chi connectivity index (χ0v) is 15.8. The number of oxime groups is 1. The zero-order chi connectivity index (χ0) is 20.7. The summed E-state index contributed by atoms with van der Waals surface area (Å²) in [7, 11) is 0. The number of rotatable bonds is 7. The fourth-order valence-electron chi connectivity index (χ4n) is 1.82. The van der Waals surface area contributed by atoms with E-state index in [1.165, 1.54) is 30.3 Å². The number of hydrogen-bond donors (Lipinski definition) is 1. The number of hydrogen-bond acceptors (Lipinski definition) is 6. The molecule has 1 aromatic carbocycles. The summed E-state index contributed by atoms with van der Waals surface area (Å²) in [5.74, 6) is -2.08. The maximum Gasteiger partial charge on any atom is 0.471 e. The molecule has 0 fully saturated rings. The van der Waals surface area contributed by atoms with Gasteiger partial charge >= 0.3 is 12.1 Å². The molecule has 0 unspecified atom stereocenters. The molecular formula is C16H13Cl2F3N4O3. The van der Waals surface area contributed by atoms with E-state index in [1.807, 2.05) is 0 Å². The van der Waals surface area contributed by atoms with Gasteiger partial charge in [-0.1, -0.05) is 45.6 Å². The minimum absolute atomic E-state index is 0.0556. The van der Waals surface area contributed by atoms with E-state index in [4.69, 9.17) is 28.0 Å². The third-order valence-electron chi connectivity index (χ3n) is 3.11. The molecule has 7 nitrogen and oxygen atoms in total. The van der Waals surface area contributed by atoms with Crippen LogP contribution in [0.5, 0.6) is 0 Å². The summed E-state index contributed by atoms with van der Waals surface area (Å²) < 4.78 is 41.7. The number of benzene rings is 1. The monoisotopic (exact) mass is 436 g/mol. The number of aromatic nitrogens is 2. The minimum atomic E-state index is -4.72. The molecular weight excluding hydrogens is 424 g/mol. The van der Waals surface area contributed by atoms with Crippen molar-refractivity contribution < 1.29 is 27.3 Å². The first kappa shape index (κ1) is 21.7. The fourth-order valence-corrected chi connectivity index (χ4v) is 1.94. The average Bonchev–Trinajstić information content (AvgIpc) is 3.14. The molecule has 0 bridgehead atoms. The predicted octanol–water partition coefficient (Wildman–Crippen LogP) is 4.20. The zero-order valence-electron chi connectivity index (χ0n) is 14.3. The van der Waals surface area contributed by atoms with E-state index in [0.717, 1.165) is 0 Å². The molecule has 150 valence electrons. The van der Waals surface area contributed by atoms with Crippen molar-refractivity contribution in [1.29, 1.82) is 0 Å². The molecule has 0 radical (unpaired) electrons. The van der Waals surface area contributed by atoms with E-state index < -0.39 is 18.0 Å². The van der Waals surface area contributed by atoms with Gasteiger partial charge in [-0.2, -0.15) is 18.2 Å². The summed E-state index contributed by atoms with van der Waals surface area (Å²) in [5, 5.41) is 9.65. The van der Waals surface area contributed by atoms with Crippen molar-refractivity contribution in [2.24, 2.45) is 5.16 Å². The predicted molar refractivity (Wildman–Crippen MR) is 95.9 cm³/mol. The van der Waals surface area contributed by atoms with Crippen molar-refractivity contribution in [1.82, 2.24) is 15.5 Å².